The normalized spacial score (nSPS) is 30.4. The van der Waals surface area contributed by atoms with Gasteiger partial charge in [0, 0.05) is 13.0 Å². The van der Waals surface area contributed by atoms with Gasteiger partial charge in [0.1, 0.15) is 0 Å². The molecule has 0 aromatic heterocycles. The van der Waals surface area contributed by atoms with Crippen LogP contribution in [0.4, 0.5) is 0 Å². The highest BCUT2D eigenvalue weighted by Crippen LogP contribution is 2.39. The van der Waals surface area contributed by atoms with E-state index in [0.717, 1.165) is 25.5 Å². The van der Waals surface area contributed by atoms with Crippen molar-refractivity contribution in [2.24, 2.45) is 0 Å². The first-order valence-corrected chi connectivity index (χ1v) is 7.83. The van der Waals surface area contributed by atoms with E-state index in [1.165, 1.54) is 19.3 Å². The fourth-order valence-corrected chi connectivity index (χ4v) is 3.52. The summed E-state index contributed by atoms with van der Waals surface area (Å²) in [6.45, 7) is 0.625. The number of hydrogen-bond donors (Lipinski definition) is 0. The predicted octanol–water partition coefficient (Wildman–Crippen LogP) is 1.84. The lowest BCUT2D eigenvalue weighted by Gasteiger charge is -2.42. The number of rotatable bonds is 2. The summed E-state index contributed by atoms with van der Waals surface area (Å²) >= 11 is 0. The standard InChI is InChI=1S/C11H20O4S/c1-16(12,13)15-10-5-8-14-11(9-10)6-3-2-4-7-11/h10H,2-9H2,1H3. The van der Waals surface area contributed by atoms with E-state index in [0.29, 0.717) is 13.0 Å². The van der Waals surface area contributed by atoms with E-state index in [2.05, 4.69) is 0 Å². The Morgan fingerprint density at radius 1 is 1.25 bits per heavy atom. The van der Waals surface area contributed by atoms with E-state index in [-0.39, 0.29) is 11.7 Å². The summed E-state index contributed by atoms with van der Waals surface area (Å²) in [6.07, 6.45) is 8.11. The molecule has 2 fully saturated rings. The molecule has 16 heavy (non-hydrogen) atoms. The van der Waals surface area contributed by atoms with Crippen LogP contribution in [0, 0.1) is 0 Å². The smallest absolute Gasteiger partial charge is 0.264 e. The van der Waals surface area contributed by atoms with Crippen LogP contribution in [-0.4, -0.2) is 33.0 Å². The maximum Gasteiger partial charge on any atom is 0.264 e. The molecule has 5 heteroatoms. The van der Waals surface area contributed by atoms with E-state index in [1.54, 1.807) is 0 Å². The van der Waals surface area contributed by atoms with Gasteiger partial charge < -0.3 is 4.74 Å². The van der Waals surface area contributed by atoms with Crippen LogP contribution >= 0.6 is 0 Å². The Kier molecular flexibility index (Phi) is 3.56. The molecular formula is C11H20O4S. The lowest BCUT2D eigenvalue weighted by molar-refractivity contribution is -0.128. The maximum atomic E-state index is 11.1. The first-order chi connectivity index (χ1) is 7.49. The van der Waals surface area contributed by atoms with Gasteiger partial charge in [-0.1, -0.05) is 19.3 Å². The summed E-state index contributed by atoms with van der Waals surface area (Å²) in [5.74, 6) is 0. The third-order valence-corrected chi connectivity index (χ3v) is 4.15. The third-order valence-electron chi connectivity index (χ3n) is 3.52. The van der Waals surface area contributed by atoms with Gasteiger partial charge in [0.25, 0.3) is 10.1 Å². The topological polar surface area (TPSA) is 52.6 Å². The predicted molar refractivity (Wildman–Crippen MR) is 60.7 cm³/mol. The van der Waals surface area contributed by atoms with Gasteiger partial charge in [0.2, 0.25) is 0 Å². The summed E-state index contributed by atoms with van der Waals surface area (Å²) in [6, 6.07) is 0. The molecule has 94 valence electrons. The molecule has 1 saturated heterocycles. The molecule has 0 aromatic rings. The summed E-state index contributed by atoms with van der Waals surface area (Å²) < 4.78 is 33.2. The van der Waals surface area contributed by atoms with Gasteiger partial charge in [-0.25, -0.2) is 0 Å². The molecule has 2 rings (SSSR count). The van der Waals surface area contributed by atoms with Crippen molar-refractivity contribution < 1.29 is 17.3 Å². The summed E-state index contributed by atoms with van der Waals surface area (Å²) in [7, 11) is -3.33. The van der Waals surface area contributed by atoms with Gasteiger partial charge in [-0.3, -0.25) is 4.18 Å². The van der Waals surface area contributed by atoms with Gasteiger partial charge >= 0.3 is 0 Å². The molecule has 1 aliphatic heterocycles. The third kappa shape index (κ3) is 3.18. The van der Waals surface area contributed by atoms with Crippen molar-refractivity contribution in [3.63, 3.8) is 0 Å². The second-order valence-corrected chi connectivity index (χ2v) is 6.61. The molecule has 0 bridgehead atoms. The van der Waals surface area contributed by atoms with Crippen molar-refractivity contribution in [2.75, 3.05) is 12.9 Å². The van der Waals surface area contributed by atoms with E-state index >= 15 is 0 Å². The average Bonchev–Trinajstić information content (AvgIpc) is 2.16. The summed E-state index contributed by atoms with van der Waals surface area (Å²) in [5.41, 5.74) is -0.0914. The van der Waals surface area contributed by atoms with Crippen molar-refractivity contribution in [3.05, 3.63) is 0 Å². The molecule has 1 atom stereocenters. The molecule has 1 unspecified atom stereocenters. The zero-order chi connectivity index (χ0) is 11.6. The van der Waals surface area contributed by atoms with Crippen LogP contribution in [0.15, 0.2) is 0 Å². The van der Waals surface area contributed by atoms with Crippen LogP contribution in [0.3, 0.4) is 0 Å². The lowest BCUT2D eigenvalue weighted by atomic mass is 9.79. The second kappa shape index (κ2) is 4.63. The maximum absolute atomic E-state index is 11.1. The van der Waals surface area contributed by atoms with Crippen LogP contribution < -0.4 is 0 Å². The first-order valence-electron chi connectivity index (χ1n) is 6.01. The Balaban J connectivity index is 1.98. The molecule has 2 aliphatic rings. The summed E-state index contributed by atoms with van der Waals surface area (Å²) in [5, 5.41) is 0. The molecule has 0 radical (unpaired) electrons. The Morgan fingerprint density at radius 3 is 2.56 bits per heavy atom. The second-order valence-electron chi connectivity index (χ2n) is 5.01. The summed E-state index contributed by atoms with van der Waals surface area (Å²) in [4.78, 5) is 0. The van der Waals surface area contributed by atoms with Crippen molar-refractivity contribution in [3.8, 4) is 0 Å². The minimum absolute atomic E-state index is 0.0914. The highest BCUT2D eigenvalue weighted by atomic mass is 32.2. The highest BCUT2D eigenvalue weighted by Gasteiger charge is 2.39. The molecule has 1 spiro atoms. The molecule has 1 saturated carbocycles. The van der Waals surface area contributed by atoms with Gasteiger partial charge in [-0.15, -0.1) is 0 Å². The fourth-order valence-electron chi connectivity index (χ4n) is 2.86. The molecule has 0 N–H and O–H groups in total. The number of ether oxygens (including phenoxy) is 1. The average molecular weight is 248 g/mol. The van der Waals surface area contributed by atoms with Crippen LogP contribution in [-0.2, 0) is 19.0 Å². The zero-order valence-electron chi connectivity index (χ0n) is 9.78. The minimum Gasteiger partial charge on any atom is -0.375 e. The molecule has 0 amide bonds. The lowest BCUT2D eigenvalue weighted by Crippen LogP contribution is -2.44. The van der Waals surface area contributed by atoms with Gasteiger partial charge in [-0.2, -0.15) is 8.42 Å². The SMILES string of the molecule is CS(=O)(=O)OC1CCOC2(CCCCC2)C1. The Hall–Kier alpha value is -0.130. The Bertz CT molecular complexity index is 324. The zero-order valence-corrected chi connectivity index (χ0v) is 10.6. The molecule has 1 aliphatic carbocycles. The number of hydrogen-bond acceptors (Lipinski definition) is 4. The quantitative estimate of drug-likeness (QED) is 0.700. The van der Waals surface area contributed by atoms with Gasteiger partial charge in [-0.05, 0) is 19.3 Å². The molecule has 1 heterocycles. The van der Waals surface area contributed by atoms with Crippen molar-refractivity contribution in [1.82, 2.24) is 0 Å². The minimum atomic E-state index is -3.33. The monoisotopic (exact) mass is 248 g/mol. The van der Waals surface area contributed by atoms with Gasteiger partial charge in [0.05, 0.1) is 18.0 Å². The van der Waals surface area contributed by atoms with E-state index in [4.69, 9.17) is 8.92 Å². The van der Waals surface area contributed by atoms with Crippen molar-refractivity contribution in [2.45, 2.75) is 56.7 Å². The Labute approximate surface area is 97.4 Å². The molecular weight excluding hydrogens is 228 g/mol. The molecule has 4 nitrogen and oxygen atoms in total. The first kappa shape index (κ1) is 12.3. The van der Waals surface area contributed by atoms with E-state index < -0.39 is 10.1 Å². The van der Waals surface area contributed by atoms with Crippen molar-refractivity contribution >= 4 is 10.1 Å². The largest absolute Gasteiger partial charge is 0.375 e. The van der Waals surface area contributed by atoms with Crippen LogP contribution in [0.5, 0.6) is 0 Å². The van der Waals surface area contributed by atoms with Crippen molar-refractivity contribution in [1.29, 1.82) is 0 Å². The van der Waals surface area contributed by atoms with Crippen LogP contribution in [0.25, 0.3) is 0 Å². The van der Waals surface area contributed by atoms with E-state index in [1.807, 2.05) is 0 Å². The van der Waals surface area contributed by atoms with Crippen LogP contribution in [0.2, 0.25) is 0 Å². The fraction of sp³-hybridized carbons (Fsp3) is 1.00. The molecule has 0 aromatic carbocycles. The highest BCUT2D eigenvalue weighted by molar-refractivity contribution is 7.86. The van der Waals surface area contributed by atoms with E-state index in [9.17, 15) is 8.42 Å². The van der Waals surface area contributed by atoms with Gasteiger partial charge in [0.15, 0.2) is 0 Å². The Morgan fingerprint density at radius 2 is 1.94 bits per heavy atom. The van der Waals surface area contributed by atoms with Crippen LogP contribution in [0.1, 0.15) is 44.9 Å².